The smallest absolute Gasteiger partial charge is 0.237 e. The molecule has 0 aliphatic carbocycles. The number of amides is 2. The Morgan fingerprint density at radius 3 is 2.59 bits per heavy atom. The van der Waals surface area contributed by atoms with Gasteiger partial charge in [-0.1, -0.05) is 35.5 Å². The molecule has 3 aromatic rings. The number of nitrogens with zero attached hydrogens (tertiary/aromatic N) is 3. The van der Waals surface area contributed by atoms with Crippen LogP contribution in [0.15, 0.2) is 52.1 Å². The lowest BCUT2D eigenvalue weighted by molar-refractivity contribution is -0.120. The fraction of sp³-hybridized carbons (Fsp3) is 0.304. The lowest BCUT2D eigenvalue weighted by Crippen LogP contribution is -2.26. The van der Waals surface area contributed by atoms with Crippen molar-refractivity contribution in [3.63, 3.8) is 0 Å². The molecule has 0 aliphatic heterocycles. The minimum Gasteiger partial charge on any atom is -0.497 e. The number of ether oxygens (including phenoxy) is 1. The van der Waals surface area contributed by atoms with E-state index in [0.29, 0.717) is 28.2 Å². The highest BCUT2D eigenvalue weighted by Crippen LogP contribution is 2.27. The summed E-state index contributed by atoms with van der Waals surface area (Å²) in [6.07, 6.45) is 0.253. The Morgan fingerprint density at radius 2 is 1.94 bits per heavy atom. The van der Waals surface area contributed by atoms with Crippen LogP contribution in [-0.4, -0.2) is 38.9 Å². The Labute approximate surface area is 215 Å². The Balaban J connectivity index is 1.56. The van der Waals surface area contributed by atoms with Gasteiger partial charge >= 0.3 is 0 Å². The van der Waals surface area contributed by atoms with E-state index in [0.717, 1.165) is 15.8 Å². The third-order valence-electron chi connectivity index (χ3n) is 4.92. The molecule has 2 N–H and O–H groups in total. The van der Waals surface area contributed by atoms with Crippen LogP contribution >= 0.6 is 39.3 Å². The molecule has 0 aliphatic rings. The minimum absolute atomic E-state index is 0.120. The molecule has 1 aromatic heterocycles. The lowest BCUT2D eigenvalue weighted by atomic mass is 10.1. The number of rotatable bonds is 10. The second-order valence-corrected chi connectivity index (χ2v) is 9.89. The molecule has 180 valence electrons. The van der Waals surface area contributed by atoms with E-state index in [1.165, 1.54) is 11.8 Å². The van der Waals surface area contributed by atoms with Crippen molar-refractivity contribution in [1.29, 1.82) is 0 Å². The van der Waals surface area contributed by atoms with Crippen LogP contribution in [-0.2, 0) is 29.1 Å². The summed E-state index contributed by atoms with van der Waals surface area (Å²) in [5.74, 6) is 1.07. The number of carbonyl (C=O) groups excluding carboxylic acids is 2. The van der Waals surface area contributed by atoms with E-state index in [4.69, 9.17) is 16.3 Å². The summed E-state index contributed by atoms with van der Waals surface area (Å²) in [5, 5.41) is 14.9. The highest BCUT2D eigenvalue weighted by atomic mass is 79.9. The predicted octanol–water partition coefficient (Wildman–Crippen LogP) is 4.70. The quantitative estimate of drug-likeness (QED) is 0.345. The molecule has 0 bridgehead atoms. The van der Waals surface area contributed by atoms with E-state index in [2.05, 4.69) is 36.8 Å². The van der Waals surface area contributed by atoms with Gasteiger partial charge in [0.1, 0.15) is 5.75 Å². The highest BCUT2D eigenvalue weighted by Gasteiger charge is 2.20. The van der Waals surface area contributed by atoms with Gasteiger partial charge in [-0.2, -0.15) is 0 Å². The molecule has 0 unspecified atom stereocenters. The second kappa shape index (κ2) is 12.2. The number of aromatic nitrogens is 3. The fourth-order valence-electron chi connectivity index (χ4n) is 3.05. The van der Waals surface area contributed by atoms with E-state index in [9.17, 15) is 9.59 Å². The fourth-order valence-corrected chi connectivity index (χ4v) is 4.41. The van der Waals surface area contributed by atoms with Crippen molar-refractivity contribution >= 4 is 56.8 Å². The van der Waals surface area contributed by atoms with Crippen molar-refractivity contribution in [3.8, 4) is 5.75 Å². The summed E-state index contributed by atoms with van der Waals surface area (Å²) in [6, 6.07) is 12.6. The van der Waals surface area contributed by atoms with Crippen molar-refractivity contribution in [2.45, 2.75) is 43.8 Å². The molecule has 11 heteroatoms. The van der Waals surface area contributed by atoms with Gasteiger partial charge in [-0.25, -0.2) is 0 Å². The summed E-state index contributed by atoms with van der Waals surface area (Å²) in [4.78, 5) is 25.0. The number of hydrogen-bond donors (Lipinski definition) is 2. The van der Waals surface area contributed by atoms with Gasteiger partial charge in [-0.3, -0.25) is 9.59 Å². The number of benzene rings is 2. The van der Waals surface area contributed by atoms with Gasteiger partial charge in [0, 0.05) is 16.7 Å². The normalized spacial score (nSPS) is 11.7. The summed E-state index contributed by atoms with van der Waals surface area (Å²) in [6.45, 7) is 4.61. The van der Waals surface area contributed by atoms with Gasteiger partial charge < -0.3 is 19.9 Å². The van der Waals surface area contributed by atoms with Crippen molar-refractivity contribution in [1.82, 2.24) is 20.1 Å². The standard InChI is InChI=1S/C23H25BrClN5O3S/c1-4-30-20(13-26-21(31)11-15-5-8-17(33-3)9-6-15)28-29-23(30)34-14(2)22(32)27-16-7-10-18(24)19(25)12-16/h5-10,12,14H,4,11,13H2,1-3H3,(H,26,31)(H,27,32)/t14-/m0/s1. The zero-order valence-electron chi connectivity index (χ0n) is 19.0. The van der Waals surface area contributed by atoms with E-state index >= 15 is 0 Å². The van der Waals surface area contributed by atoms with Crippen LogP contribution in [0.5, 0.6) is 5.75 Å². The number of hydrogen-bond acceptors (Lipinski definition) is 6. The Bertz CT molecular complexity index is 1160. The number of halogens is 2. The lowest BCUT2D eigenvalue weighted by Gasteiger charge is -2.13. The van der Waals surface area contributed by atoms with Crippen molar-refractivity contribution in [3.05, 3.63) is 63.3 Å². The average molecular weight is 567 g/mol. The van der Waals surface area contributed by atoms with Crippen LogP contribution < -0.4 is 15.4 Å². The summed E-state index contributed by atoms with van der Waals surface area (Å²) < 4.78 is 7.78. The molecule has 0 radical (unpaired) electrons. The van der Waals surface area contributed by atoms with Crippen LogP contribution in [0, 0.1) is 0 Å². The molecule has 0 spiro atoms. The van der Waals surface area contributed by atoms with E-state index < -0.39 is 5.25 Å². The van der Waals surface area contributed by atoms with E-state index in [-0.39, 0.29) is 24.8 Å². The van der Waals surface area contributed by atoms with Gasteiger partial charge in [0.2, 0.25) is 11.8 Å². The first-order valence-electron chi connectivity index (χ1n) is 10.5. The maximum atomic E-state index is 12.6. The van der Waals surface area contributed by atoms with Crippen LogP contribution in [0.3, 0.4) is 0 Å². The maximum absolute atomic E-state index is 12.6. The van der Waals surface area contributed by atoms with E-state index in [1.807, 2.05) is 35.8 Å². The third kappa shape index (κ3) is 6.97. The Hall–Kier alpha value is -2.56. The molecule has 1 heterocycles. The molecule has 0 saturated carbocycles. The zero-order valence-corrected chi connectivity index (χ0v) is 22.1. The molecule has 2 aromatic carbocycles. The summed E-state index contributed by atoms with van der Waals surface area (Å²) in [7, 11) is 1.60. The second-order valence-electron chi connectivity index (χ2n) is 7.32. The number of thioether (sulfide) groups is 1. The molecule has 0 fully saturated rings. The largest absolute Gasteiger partial charge is 0.497 e. The third-order valence-corrected chi connectivity index (χ3v) is 7.23. The van der Waals surface area contributed by atoms with Gasteiger partial charge in [-0.05, 0) is 65.7 Å². The monoisotopic (exact) mass is 565 g/mol. The Kier molecular flexibility index (Phi) is 9.37. The number of nitrogens with one attached hydrogen (secondary N) is 2. The SMILES string of the molecule is CCn1c(CNC(=O)Cc2ccc(OC)cc2)nnc1S[C@@H](C)C(=O)Nc1ccc(Br)c(Cl)c1. The average Bonchev–Trinajstić information content (AvgIpc) is 3.21. The van der Waals surface area contributed by atoms with Crippen LogP contribution in [0.25, 0.3) is 0 Å². The molecule has 0 saturated heterocycles. The van der Waals surface area contributed by atoms with Crippen molar-refractivity contribution in [2.75, 3.05) is 12.4 Å². The van der Waals surface area contributed by atoms with Crippen LogP contribution in [0.2, 0.25) is 5.02 Å². The summed E-state index contributed by atoms with van der Waals surface area (Å²) in [5.41, 5.74) is 1.50. The van der Waals surface area contributed by atoms with Crippen LogP contribution in [0.1, 0.15) is 25.2 Å². The number of methoxy groups -OCH3 is 1. The first-order chi connectivity index (χ1) is 16.3. The molecule has 34 heavy (non-hydrogen) atoms. The molecular formula is C23H25BrClN5O3S. The predicted molar refractivity (Wildman–Crippen MR) is 137 cm³/mol. The van der Waals surface area contributed by atoms with Gasteiger partial charge in [0.15, 0.2) is 11.0 Å². The molecule has 1 atom stereocenters. The van der Waals surface area contributed by atoms with Crippen LogP contribution in [0.4, 0.5) is 5.69 Å². The van der Waals surface area contributed by atoms with Gasteiger partial charge in [0.25, 0.3) is 0 Å². The highest BCUT2D eigenvalue weighted by molar-refractivity contribution is 9.10. The maximum Gasteiger partial charge on any atom is 0.237 e. The first-order valence-corrected chi connectivity index (χ1v) is 12.6. The summed E-state index contributed by atoms with van der Waals surface area (Å²) >= 11 is 10.7. The van der Waals surface area contributed by atoms with E-state index in [1.54, 1.807) is 32.2 Å². The molecule has 8 nitrogen and oxygen atoms in total. The number of carbonyl (C=O) groups is 2. The zero-order chi connectivity index (χ0) is 24.7. The van der Waals surface area contributed by atoms with Crippen molar-refractivity contribution < 1.29 is 14.3 Å². The first kappa shape index (κ1) is 26.1. The van der Waals surface area contributed by atoms with Gasteiger partial charge in [-0.15, -0.1) is 10.2 Å². The number of anilines is 1. The molecule has 3 rings (SSSR count). The molecule has 2 amide bonds. The topological polar surface area (TPSA) is 98.1 Å². The molecular weight excluding hydrogens is 542 g/mol. The van der Waals surface area contributed by atoms with Gasteiger partial charge in [0.05, 0.1) is 30.3 Å². The van der Waals surface area contributed by atoms with Crippen molar-refractivity contribution in [2.24, 2.45) is 0 Å². The Morgan fingerprint density at radius 1 is 1.21 bits per heavy atom. The minimum atomic E-state index is -0.422.